The van der Waals surface area contributed by atoms with Crippen LogP contribution in [-0.4, -0.2) is 19.3 Å². The topological polar surface area (TPSA) is 31.0 Å². The van der Waals surface area contributed by atoms with Gasteiger partial charge in [0, 0.05) is 0 Å². The van der Waals surface area contributed by atoms with E-state index in [4.69, 9.17) is 14.2 Å². The lowest BCUT2D eigenvalue weighted by atomic mass is 10.2. The van der Waals surface area contributed by atoms with Crippen LogP contribution < -0.4 is 9.47 Å². The van der Waals surface area contributed by atoms with E-state index in [2.05, 4.69) is 0 Å². The average Bonchev–Trinajstić information content (AvgIpc) is 3.22. The summed E-state index contributed by atoms with van der Waals surface area (Å²) < 4.78 is 16.7. The summed E-state index contributed by atoms with van der Waals surface area (Å²) in [6, 6.07) is 15.6. The van der Waals surface area contributed by atoms with Crippen molar-refractivity contribution >= 4 is 0 Å². The van der Waals surface area contributed by atoms with Crippen LogP contribution in [0.5, 0.6) is 17.2 Å². The number of benzene rings is 2. The largest absolute Gasteiger partial charge is 0.487 e. The summed E-state index contributed by atoms with van der Waals surface area (Å²) in [4.78, 5) is 0. The smallest absolute Gasteiger partial charge is 0.169 e. The third kappa shape index (κ3) is 3.26. The maximum atomic E-state index is 5.88. The third-order valence-electron chi connectivity index (χ3n) is 2.89. The Kier molecular flexibility index (Phi) is 3.38. The summed E-state index contributed by atoms with van der Waals surface area (Å²) in [5, 5.41) is 0. The van der Waals surface area contributed by atoms with Crippen molar-refractivity contribution in [1.29, 1.82) is 0 Å². The van der Waals surface area contributed by atoms with Gasteiger partial charge in [0.05, 0.1) is 6.61 Å². The highest BCUT2D eigenvalue weighted by Crippen LogP contribution is 2.32. The van der Waals surface area contributed by atoms with E-state index in [0.717, 1.165) is 23.9 Å². The predicted molar refractivity (Wildman–Crippen MR) is 72.9 cm³/mol. The molecule has 0 saturated carbocycles. The summed E-state index contributed by atoms with van der Waals surface area (Å²) in [5.74, 6) is 2.30. The van der Waals surface area contributed by atoms with Crippen molar-refractivity contribution in [3.63, 3.8) is 0 Å². The SMILES string of the molecule is Cc1cccc(Oc2ccccc2OC[C@@H]2CO2)c1. The lowest BCUT2D eigenvalue weighted by Gasteiger charge is -2.12. The molecule has 1 aliphatic rings. The molecule has 2 aromatic carbocycles. The zero-order valence-corrected chi connectivity index (χ0v) is 10.8. The van der Waals surface area contributed by atoms with Crippen LogP contribution in [-0.2, 0) is 4.74 Å². The number of epoxide rings is 1. The first-order chi connectivity index (χ1) is 9.31. The van der Waals surface area contributed by atoms with Gasteiger partial charge in [0.2, 0.25) is 0 Å². The molecule has 0 aliphatic carbocycles. The monoisotopic (exact) mass is 256 g/mol. The van der Waals surface area contributed by atoms with Crippen molar-refractivity contribution in [2.24, 2.45) is 0 Å². The molecule has 0 aromatic heterocycles. The van der Waals surface area contributed by atoms with Crippen LogP contribution in [0.4, 0.5) is 0 Å². The quantitative estimate of drug-likeness (QED) is 0.766. The van der Waals surface area contributed by atoms with Crippen molar-refractivity contribution in [3.8, 4) is 17.2 Å². The highest BCUT2D eigenvalue weighted by atomic mass is 16.6. The summed E-state index contributed by atoms with van der Waals surface area (Å²) in [7, 11) is 0. The summed E-state index contributed by atoms with van der Waals surface area (Å²) in [5.41, 5.74) is 1.17. The van der Waals surface area contributed by atoms with E-state index in [1.165, 1.54) is 5.56 Å². The Bertz CT molecular complexity index is 561. The van der Waals surface area contributed by atoms with E-state index >= 15 is 0 Å². The fourth-order valence-corrected chi connectivity index (χ4v) is 1.81. The zero-order chi connectivity index (χ0) is 13.1. The van der Waals surface area contributed by atoms with Gasteiger partial charge < -0.3 is 14.2 Å². The normalized spacial score (nSPS) is 17.0. The molecular weight excluding hydrogens is 240 g/mol. The van der Waals surface area contributed by atoms with Gasteiger partial charge in [-0.1, -0.05) is 24.3 Å². The maximum absolute atomic E-state index is 5.88. The molecule has 98 valence electrons. The van der Waals surface area contributed by atoms with Gasteiger partial charge in [-0.3, -0.25) is 0 Å². The van der Waals surface area contributed by atoms with Crippen molar-refractivity contribution in [2.75, 3.05) is 13.2 Å². The lowest BCUT2D eigenvalue weighted by molar-refractivity contribution is 0.255. The third-order valence-corrected chi connectivity index (χ3v) is 2.89. The standard InChI is InChI=1S/C16H16O3/c1-12-5-4-6-13(9-12)19-16-8-3-2-7-15(16)18-11-14-10-17-14/h2-9,14H,10-11H2,1H3/t14-/m0/s1. The van der Waals surface area contributed by atoms with E-state index in [9.17, 15) is 0 Å². The van der Waals surface area contributed by atoms with E-state index in [1.807, 2.05) is 55.5 Å². The van der Waals surface area contributed by atoms with Crippen LogP contribution in [0.25, 0.3) is 0 Å². The summed E-state index contributed by atoms with van der Waals surface area (Å²) in [6.45, 7) is 3.41. The highest BCUT2D eigenvalue weighted by Gasteiger charge is 2.23. The number of hydrogen-bond donors (Lipinski definition) is 0. The van der Waals surface area contributed by atoms with Crippen molar-refractivity contribution in [2.45, 2.75) is 13.0 Å². The number of rotatable bonds is 5. The molecule has 0 radical (unpaired) electrons. The molecule has 1 fully saturated rings. The van der Waals surface area contributed by atoms with E-state index in [1.54, 1.807) is 0 Å². The second kappa shape index (κ2) is 5.33. The Balaban J connectivity index is 1.75. The minimum atomic E-state index is 0.243. The Hall–Kier alpha value is -2.00. The first-order valence-corrected chi connectivity index (χ1v) is 6.39. The Morgan fingerprint density at radius 1 is 1.11 bits per heavy atom. The fraction of sp³-hybridized carbons (Fsp3) is 0.250. The van der Waals surface area contributed by atoms with E-state index in [0.29, 0.717) is 6.61 Å². The molecule has 3 nitrogen and oxygen atoms in total. The fourth-order valence-electron chi connectivity index (χ4n) is 1.81. The van der Waals surface area contributed by atoms with Crippen molar-refractivity contribution in [3.05, 3.63) is 54.1 Å². The van der Waals surface area contributed by atoms with Crippen LogP contribution in [0.3, 0.4) is 0 Å². The molecule has 0 bridgehead atoms. The van der Waals surface area contributed by atoms with Crippen LogP contribution in [0, 0.1) is 6.92 Å². The van der Waals surface area contributed by atoms with E-state index < -0.39 is 0 Å². The van der Waals surface area contributed by atoms with Crippen LogP contribution in [0.2, 0.25) is 0 Å². The maximum Gasteiger partial charge on any atom is 0.169 e. The minimum Gasteiger partial charge on any atom is -0.487 e. The summed E-state index contributed by atoms with van der Waals surface area (Å²) in [6.07, 6.45) is 0.243. The second-order valence-electron chi connectivity index (χ2n) is 4.63. The molecule has 1 heterocycles. The molecule has 1 aliphatic heterocycles. The van der Waals surface area contributed by atoms with Gasteiger partial charge in [-0.15, -0.1) is 0 Å². The molecule has 2 aromatic rings. The van der Waals surface area contributed by atoms with Gasteiger partial charge in [-0.2, -0.15) is 0 Å². The number of para-hydroxylation sites is 2. The molecule has 19 heavy (non-hydrogen) atoms. The van der Waals surface area contributed by atoms with Crippen LogP contribution in [0.1, 0.15) is 5.56 Å². The van der Waals surface area contributed by atoms with Gasteiger partial charge in [0.25, 0.3) is 0 Å². The van der Waals surface area contributed by atoms with Crippen LogP contribution in [0.15, 0.2) is 48.5 Å². The molecule has 0 unspecified atom stereocenters. The number of aryl methyl sites for hydroxylation is 1. The molecule has 1 saturated heterocycles. The highest BCUT2D eigenvalue weighted by molar-refractivity contribution is 5.43. The summed E-state index contributed by atoms with van der Waals surface area (Å²) >= 11 is 0. The average molecular weight is 256 g/mol. The zero-order valence-electron chi connectivity index (χ0n) is 10.8. The second-order valence-corrected chi connectivity index (χ2v) is 4.63. The van der Waals surface area contributed by atoms with Gasteiger partial charge >= 0.3 is 0 Å². The molecule has 3 rings (SSSR count). The Morgan fingerprint density at radius 3 is 2.63 bits per heavy atom. The number of ether oxygens (including phenoxy) is 3. The van der Waals surface area contributed by atoms with E-state index in [-0.39, 0.29) is 6.10 Å². The molecule has 3 heteroatoms. The first-order valence-electron chi connectivity index (χ1n) is 6.39. The van der Waals surface area contributed by atoms with Gasteiger partial charge in [0.1, 0.15) is 18.5 Å². The Labute approximate surface area is 112 Å². The molecular formula is C16H16O3. The lowest BCUT2D eigenvalue weighted by Crippen LogP contribution is -2.04. The van der Waals surface area contributed by atoms with Gasteiger partial charge in [-0.25, -0.2) is 0 Å². The molecule has 0 amide bonds. The molecule has 1 atom stereocenters. The molecule has 0 spiro atoms. The Morgan fingerprint density at radius 2 is 1.89 bits per heavy atom. The first kappa shape index (κ1) is 12.1. The predicted octanol–water partition coefficient (Wildman–Crippen LogP) is 3.56. The van der Waals surface area contributed by atoms with Crippen molar-refractivity contribution in [1.82, 2.24) is 0 Å². The number of hydrogen-bond acceptors (Lipinski definition) is 3. The minimum absolute atomic E-state index is 0.243. The molecule has 0 N–H and O–H groups in total. The van der Waals surface area contributed by atoms with Gasteiger partial charge in [-0.05, 0) is 36.8 Å². The van der Waals surface area contributed by atoms with Gasteiger partial charge in [0.15, 0.2) is 11.5 Å². The van der Waals surface area contributed by atoms with Crippen LogP contribution >= 0.6 is 0 Å². The van der Waals surface area contributed by atoms with Crippen molar-refractivity contribution < 1.29 is 14.2 Å².